The van der Waals surface area contributed by atoms with Crippen molar-refractivity contribution in [2.75, 3.05) is 0 Å². The molecule has 0 aliphatic heterocycles. The van der Waals surface area contributed by atoms with Gasteiger partial charge in [0.25, 0.3) is 0 Å². The molecule has 0 nitrogen and oxygen atoms in total. The fourth-order valence-corrected chi connectivity index (χ4v) is 1.48. The van der Waals surface area contributed by atoms with Gasteiger partial charge in [-0.3, -0.25) is 0 Å². The lowest BCUT2D eigenvalue weighted by Gasteiger charge is -2.00. The molecule has 0 aliphatic carbocycles. The van der Waals surface area contributed by atoms with Crippen LogP contribution in [0.1, 0.15) is 13.8 Å². The number of halogens is 1. The van der Waals surface area contributed by atoms with Crippen LogP contribution in [0, 0.1) is 0 Å². The SMILES string of the molecule is C=C.C=C/C(C(=C)C)=C(Br)/C=C\C. The fourth-order valence-electron chi connectivity index (χ4n) is 0.712. The van der Waals surface area contributed by atoms with E-state index in [0.717, 1.165) is 15.6 Å². The van der Waals surface area contributed by atoms with Gasteiger partial charge in [-0.15, -0.1) is 13.2 Å². The largest absolute Gasteiger partial charge is 0.106 e. The van der Waals surface area contributed by atoms with Crippen molar-refractivity contribution in [3.63, 3.8) is 0 Å². The van der Waals surface area contributed by atoms with Gasteiger partial charge in [0.2, 0.25) is 0 Å². The van der Waals surface area contributed by atoms with E-state index in [0.29, 0.717) is 0 Å². The Morgan fingerprint density at radius 1 is 1.31 bits per heavy atom. The van der Waals surface area contributed by atoms with Gasteiger partial charge in [-0.05, 0) is 25.0 Å². The van der Waals surface area contributed by atoms with E-state index in [1.54, 1.807) is 6.08 Å². The van der Waals surface area contributed by atoms with Crippen molar-refractivity contribution in [3.8, 4) is 0 Å². The highest BCUT2D eigenvalue weighted by Gasteiger charge is 1.96. The highest BCUT2D eigenvalue weighted by Crippen LogP contribution is 2.20. The van der Waals surface area contributed by atoms with Gasteiger partial charge in [0.1, 0.15) is 0 Å². The zero-order valence-electron chi connectivity index (χ0n) is 8.44. The predicted octanol–water partition coefficient (Wildman–Crippen LogP) is 4.78. The van der Waals surface area contributed by atoms with Crippen LogP contribution in [0.5, 0.6) is 0 Å². The zero-order valence-corrected chi connectivity index (χ0v) is 10.0. The molecular formula is C12H17Br. The Hall–Kier alpha value is -0.820. The molecular weight excluding hydrogens is 224 g/mol. The fraction of sp³-hybridized carbons (Fsp3) is 0.167. The van der Waals surface area contributed by atoms with Gasteiger partial charge < -0.3 is 0 Å². The summed E-state index contributed by atoms with van der Waals surface area (Å²) in [5.41, 5.74) is 2.08. The molecule has 0 atom stereocenters. The monoisotopic (exact) mass is 240 g/mol. The highest BCUT2D eigenvalue weighted by atomic mass is 79.9. The van der Waals surface area contributed by atoms with Gasteiger partial charge in [-0.25, -0.2) is 0 Å². The Balaban J connectivity index is 0. The van der Waals surface area contributed by atoms with E-state index in [1.807, 2.05) is 26.0 Å². The van der Waals surface area contributed by atoms with Crippen LogP contribution >= 0.6 is 15.9 Å². The topological polar surface area (TPSA) is 0 Å². The molecule has 0 aromatic rings. The maximum atomic E-state index is 3.84. The second-order valence-electron chi connectivity index (χ2n) is 2.25. The van der Waals surface area contributed by atoms with Gasteiger partial charge in [0.15, 0.2) is 0 Å². The first-order valence-corrected chi connectivity index (χ1v) is 4.73. The van der Waals surface area contributed by atoms with Crippen molar-refractivity contribution in [3.05, 3.63) is 60.2 Å². The Labute approximate surface area is 90.2 Å². The summed E-state index contributed by atoms with van der Waals surface area (Å²) in [7, 11) is 0. The first kappa shape index (κ1) is 14.7. The van der Waals surface area contributed by atoms with Gasteiger partial charge >= 0.3 is 0 Å². The van der Waals surface area contributed by atoms with E-state index in [4.69, 9.17) is 0 Å². The third-order valence-electron chi connectivity index (χ3n) is 1.23. The summed E-state index contributed by atoms with van der Waals surface area (Å²) in [6.07, 6.45) is 5.74. The van der Waals surface area contributed by atoms with Crippen LogP contribution in [0.3, 0.4) is 0 Å². The molecule has 0 bridgehead atoms. The molecule has 0 unspecified atom stereocenters. The lowest BCUT2D eigenvalue weighted by Crippen LogP contribution is -1.80. The first-order chi connectivity index (χ1) is 6.13. The first-order valence-electron chi connectivity index (χ1n) is 3.94. The number of rotatable bonds is 3. The molecule has 0 amide bonds. The Morgan fingerprint density at radius 3 is 2.00 bits per heavy atom. The van der Waals surface area contributed by atoms with Crippen molar-refractivity contribution in [1.29, 1.82) is 0 Å². The predicted molar refractivity (Wildman–Crippen MR) is 67.0 cm³/mol. The summed E-state index contributed by atoms with van der Waals surface area (Å²) in [5, 5.41) is 0. The van der Waals surface area contributed by atoms with Crippen LogP contribution in [-0.4, -0.2) is 0 Å². The molecule has 0 radical (unpaired) electrons. The van der Waals surface area contributed by atoms with E-state index in [9.17, 15) is 0 Å². The molecule has 0 saturated carbocycles. The molecule has 72 valence electrons. The molecule has 0 saturated heterocycles. The molecule has 0 fully saturated rings. The van der Waals surface area contributed by atoms with E-state index >= 15 is 0 Å². The lowest BCUT2D eigenvalue weighted by atomic mass is 10.1. The normalized spacial score (nSPS) is 11.3. The summed E-state index contributed by atoms with van der Waals surface area (Å²) in [4.78, 5) is 0. The molecule has 0 aromatic heterocycles. The molecule has 0 aromatic carbocycles. The van der Waals surface area contributed by atoms with Gasteiger partial charge in [0.05, 0.1) is 0 Å². The lowest BCUT2D eigenvalue weighted by molar-refractivity contribution is 1.45. The van der Waals surface area contributed by atoms with Gasteiger partial charge in [-0.1, -0.05) is 47.3 Å². The highest BCUT2D eigenvalue weighted by molar-refractivity contribution is 9.11. The molecule has 13 heavy (non-hydrogen) atoms. The van der Waals surface area contributed by atoms with Gasteiger partial charge in [-0.2, -0.15) is 0 Å². The quantitative estimate of drug-likeness (QED) is 0.493. The van der Waals surface area contributed by atoms with E-state index < -0.39 is 0 Å². The second-order valence-corrected chi connectivity index (χ2v) is 3.10. The van der Waals surface area contributed by atoms with Crippen LogP contribution in [0.4, 0.5) is 0 Å². The van der Waals surface area contributed by atoms with E-state index in [2.05, 4.69) is 42.2 Å². The smallest absolute Gasteiger partial charge is 0.0246 e. The molecule has 0 heterocycles. The number of allylic oxidation sites excluding steroid dienone is 6. The summed E-state index contributed by atoms with van der Waals surface area (Å²) in [5.74, 6) is 0. The Morgan fingerprint density at radius 2 is 1.77 bits per heavy atom. The van der Waals surface area contributed by atoms with Crippen LogP contribution in [-0.2, 0) is 0 Å². The minimum Gasteiger partial charge on any atom is -0.106 e. The minimum absolute atomic E-state index is 1.02. The van der Waals surface area contributed by atoms with E-state index in [1.165, 1.54) is 0 Å². The van der Waals surface area contributed by atoms with Crippen LogP contribution < -0.4 is 0 Å². The number of hydrogen-bond donors (Lipinski definition) is 0. The summed E-state index contributed by atoms with van der Waals surface area (Å²) in [6.45, 7) is 17.5. The molecule has 1 heteroatoms. The third-order valence-corrected chi connectivity index (χ3v) is 1.93. The molecule has 0 aliphatic rings. The molecule has 0 spiro atoms. The van der Waals surface area contributed by atoms with Crippen LogP contribution in [0.15, 0.2) is 60.2 Å². The van der Waals surface area contributed by atoms with Crippen molar-refractivity contribution >= 4 is 15.9 Å². The van der Waals surface area contributed by atoms with Crippen molar-refractivity contribution in [2.45, 2.75) is 13.8 Å². The van der Waals surface area contributed by atoms with Crippen molar-refractivity contribution in [2.24, 2.45) is 0 Å². The summed E-state index contributed by atoms with van der Waals surface area (Å²) in [6, 6.07) is 0. The van der Waals surface area contributed by atoms with Crippen molar-refractivity contribution in [1.82, 2.24) is 0 Å². The average molecular weight is 241 g/mol. The maximum absolute atomic E-state index is 3.84. The van der Waals surface area contributed by atoms with Crippen molar-refractivity contribution < 1.29 is 0 Å². The number of hydrogen-bond acceptors (Lipinski definition) is 0. The maximum Gasteiger partial charge on any atom is 0.0246 e. The minimum atomic E-state index is 1.02. The standard InChI is InChI=1S/C10H13Br.C2H4/c1-5-7-10(11)9(6-2)8(3)4;1-2/h5-7H,2-3H2,1,4H3;1-2H2/b7-5-,10-9+;. The summed E-state index contributed by atoms with van der Waals surface area (Å²) < 4.78 is 1.03. The third kappa shape index (κ3) is 6.35. The Bertz CT molecular complexity index is 232. The molecule has 0 rings (SSSR count). The Kier molecular flexibility index (Phi) is 10.5. The second kappa shape index (κ2) is 9.27. The van der Waals surface area contributed by atoms with Crippen LogP contribution in [0.25, 0.3) is 0 Å². The van der Waals surface area contributed by atoms with E-state index in [-0.39, 0.29) is 0 Å². The summed E-state index contributed by atoms with van der Waals surface area (Å²) >= 11 is 3.43. The molecule has 0 N–H and O–H groups in total. The van der Waals surface area contributed by atoms with Gasteiger partial charge in [0, 0.05) is 4.48 Å². The average Bonchev–Trinajstić information content (AvgIpc) is 2.09. The van der Waals surface area contributed by atoms with Crippen LogP contribution in [0.2, 0.25) is 0 Å². The zero-order chi connectivity index (χ0) is 10.9.